The lowest BCUT2D eigenvalue weighted by Gasteiger charge is -2.46. The Morgan fingerprint density at radius 1 is 1.24 bits per heavy atom. The molecule has 0 radical (unpaired) electrons. The third kappa shape index (κ3) is 4.39. The van der Waals surface area contributed by atoms with Crippen molar-refractivity contribution in [3.8, 4) is 0 Å². The molecule has 0 aromatic rings. The fraction of sp³-hybridized carbons (Fsp3) is 0.923. The smallest absolute Gasteiger partial charge is 0.324 e. The maximum absolute atomic E-state index is 12.3. The van der Waals surface area contributed by atoms with E-state index in [2.05, 4.69) is 48.3 Å². The molecule has 100 valence electrons. The summed E-state index contributed by atoms with van der Waals surface area (Å²) in [5.41, 5.74) is -0.492. The van der Waals surface area contributed by atoms with Gasteiger partial charge in [-0.2, -0.15) is 0 Å². The van der Waals surface area contributed by atoms with Crippen LogP contribution in [0.3, 0.4) is 0 Å². The molecule has 0 N–H and O–H groups in total. The summed E-state index contributed by atoms with van der Waals surface area (Å²) in [5, 5.41) is 0. The van der Waals surface area contributed by atoms with Crippen molar-refractivity contribution in [2.24, 2.45) is 5.41 Å². The van der Waals surface area contributed by atoms with Crippen LogP contribution in [0.15, 0.2) is 0 Å². The van der Waals surface area contributed by atoms with Crippen molar-refractivity contribution in [2.45, 2.75) is 57.1 Å². The molecule has 1 saturated heterocycles. The van der Waals surface area contributed by atoms with Gasteiger partial charge in [-0.1, -0.05) is 43.4 Å². The third-order valence-corrected chi connectivity index (χ3v) is 3.47. The van der Waals surface area contributed by atoms with Gasteiger partial charge in [0.05, 0.1) is 0 Å². The lowest BCUT2D eigenvalue weighted by atomic mass is 9.84. The van der Waals surface area contributed by atoms with Crippen LogP contribution in [0.4, 0.5) is 0 Å². The van der Waals surface area contributed by atoms with Gasteiger partial charge in [0.15, 0.2) is 0 Å². The third-order valence-electron chi connectivity index (χ3n) is 2.68. The van der Waals surface area contributed by atoms with E-state index in [-0.39, 0.29) is 17.4 Å². The van der Waals surface area contributed by atoms with Gasteiger partial charge in [0, 0.05) is 17.0 Å². The molecule has 0 bridgehead atoms. The van der Waals surface area contributed by atoms with Crippen LogP contribution in [-0.2, 0) is 9.53 Å². The molecule has 1 unspecified atom stereocenters. The molecular weight excluding hydrogens is 329 g/mol. The van der Waals surface area contributed by atoms with Gasteiger partial charge in [-0.3, -0.25) is 9.69 Å². The molecule has 0 aromatic heterocycles. The number of carbonyl (C=O) groups is 1. The van der Waals surface area contributed by atoms with E-state index >= 15 is 0 Å². The Morgan fingerprint density at radius 3 is 2.00 bits per heavy atom. The number of esters is 1. The van der Waals surface area contributed by atoms with E-state index in [1.54, 1.807) is 0 Å². The van der Waals surface area contributed by atoms with Gasteiger partial charge in [0.2, 0.25) is 0 Å². The topological polar surface area (TPSA) is 29.5 Å². The molecule has 0 amide bonds. The van der Waals surface area contributed by atoms with Crippen LogP contribution >= 0.6 is 22.6 Å². The van der Waals surface area contributed by atoms with E-state index in [0.717, 1.165) is 13.1 Å². The molecule has 1 fully saturated rings. The fourth-order valence-corrected chi connectivity index (χ4v) is 3.09. The Bertz CT molecular complexity index is 285. The summed E-state index contributed by atoms with van der Waals surface area (Å²) < 4.78 is 6.20. The van der Waals surface area contributed by atoms with Crippen molar-refractivity contribution in [1.82, 2.24) is 4.90 Å². The molecule has 0 aromatic carbocycles. The average molecular weight is 353 g/mol. The van der Waals surface area contributed by atoms with E-state index in [4.69, 9.17) is 4.74 Å². The molecule has 1 atom stereocenters. The molecule has 1 aliphatic heterocycles. The number of alkyl halides is 1. The van der Waals surface area contributed by atoms with Gasteiger partial charge < -0.3 is 4.74 Å². The number of hydrogen-bond donors (Lipinski definition) is 0. The fourth-order valence-electron chi connectivity index (χ4n) is 2.07. The molecule has 1 aliphatic rings. The number of carbonyl (C=O) groups excluding carboxylic acids is 1. The zero-order chi connectivity index (χ0) is 13.4. The molecule has 3 nitrogen and oxygen atoms in total. The molecule has 0 aliphatic carbocycles. The predicted octanol–water partition coefficient (Wildman–Crippen LogP) is 2.86. The minimum absolute atomic E-state index is 0.0842. The molecule has 0 saturated carbocycles. The Morgan fingerprint density at radius 2 is 1.71 bits per heavy atom. The quantitative estimate of drug-likeness (QED) is 0.434. The molecule has 1 rings (SSSR count). The highest BCUT2D eigenvalue weighted by Crippen LogP contribution is 2.32. The first-order chi connectivity index (χ1) is 7.50. The van der Waals surface area contributed by atoms with Crippen molar-refractivity contribution < 1.29 is 9.53 Å². The van der Waals surface area contributed by atoms with Gasteiger partial charge in [-0.15, -0.1) is 0 Å². The van der Waals surface area contributed by atoms with Crippen molar-refractivity contribution >= 4 is 28.6 Å². The van der Waals surface area contributed by atoms with E-state index in [9.17, 15) is 4.79 Å². The Balaban J connectivity index is 2.74. The zero-order valence-corrected chi connectivity index (χ0v) is 13.9. The van der Waals surface area contributed by atoms with Gasteiger partial charge >= 0.3 is 5.97 Å². The zero-order valence-electron chi connectivity index (χ0n) is 11.7. The van der Waals surface area contributed by atoms with E-state index < -0.39 is 5.60 Å². The van der Waals surface area contributed by atoms with Crippen LogP contribution < -0.4 is 0 Å². The van der Waals surface area contributed by atoms with Crippen LogP contribution in [0.1, 0.15) is 41.5 Å². The van der Waals surface area contributed by atoms with Crippen LogP contribution in [-0.4, -0.2) is 39.5 Å². The van der Waals surface area contributed by atoms with Crippen molar-refractivity contribution in [1.29, 1.82) is 0 Å². The van der Waals surface area contributed by atoms with Crippen LogP contribution in [0.2, 0.25) is 0 Å². The first kappa shape index (κ1) is 15.2. The first-order valence-electron chi connectivity index (χ1n) is 6.12. The van der Waals surface area contributed by atoms with Crippen LogP contribution in [0.5, 0.6) is 0 Å². The molecule has 0 spiro atoms. The number of hydrogen-bond acceptors (Lipinski definition) is 3. The number of ether oxygens (including phenoxy) is 1. The van der Waals surface area contributed by atoms with Gasteiger partial charge in [0.1, 0.15) is 11.6 Å². The van der Waals surface area contributed by atoms with E-state index in [0.29, 0.717) is 3.92 Å². The van der Waals surface area contributed by atoms with Crippen molar-refractivity contribution in [3.63, 3.8) is 0 Å². The Kier molecular flexibility index (Phi) is 4.51. The summed E-state index contributed by atoms with van der Waals surface area (Å²) >= 11 is 2.43. The lowest BCUT2D eigenvalue weighted by molar-refractivity contribution is -0.167. The van der Waals surface area contributed by atoms with E-state index in [1.165, 1.54) is 0 Å². The normalized spacial score (nSPS) is 20.9. The summed E-state index contributed by atoms with van der Waals surface area (Å²) in [6.07, 6.45) is 0. The number of halogens is 1. The Hall–Kier alpha value is 0.160. The van der Waals surface area contributed by atoms with Crippen LogP contribution in [0.25, 0.3) is 0 Å². The molecule has 4 heteroatoms. The predicted molar refractivity (Wildman–Crippen MR) is 78.5 cm³/mol. The second-order valence-electron chi connectivity index (χ2n) is 6.85. The number of likely N-dealkylation sites (tertiary alicyclic amines) is 1. The monoisotopic (exact) mass is 353 g/mol. The average Bonchev–Trinajstić information content (AvgIpc) is 1.94. The summed E-state index contributed by atoms with van der Waals surface area (Å²) in [4.78, 5) is 14.5. The summed E-state index contributed by atoms with van der Waals surface area (Å²) in [7, 11) is 0. The van der Waals surface area contributed by atoms with E-state index in [1.807, 2.05) is 20.8 Å². The maximum atomic E-state index is 12.3. The largest absolute Gasteiger partial charge is 0.459 e. The summed E-state index contributed by atoms with van der Waals surface area (Å²) in [5.74, 6) is -0.0895. The van der Waals surface area contributed by atoms with Crippen molar-refractivity contribution in [2.75, 3.05) is 13.1 Å². The number of rotatable bonds is 2. The Labute approximate surface area is 118 Å². The van der Waals surface area contributed by atoms with Crippen LogP contribution in [0, 0.1) is 5.41 Å². The lowest BCUT2D eigenvalue weighted by Crippen LogP contribution is -2.60. The van der Waals surface area contributed by atoms with Gasteiger partial charge in [0.25, 0.3) is 0 Å². The molecule has 1 heterocycles. The minimum Gasteiger partial charge on any atom is -0.459 e. The highest BCUT2D eigenvalue weighted by Gasteiger charge is 2.43. The second kappa shape index (κ2) is 5.03. The summed E-state index contributed by atoms with van der Waals surface area (Å²) in [6, 6.07) is -0.132. The highest BCUT2D eigenvalue weighted by molar-refractivity contribution is 14.1. The molecular formula is C13H24INO2. The first-order valence-corrected chi connectivity index (χ1v) is 7.36. The highest BCUT2D eigenvalue weighted by atomic mass is 127. The van der Waals surface area contributed by atoms with Crippen molar-refractivity contribution in [3.05, 3.63) is 0 Å². The standard InChI is InChI=1S/C13H24INO2/c1-12(2,3)10(15-7-9(14)8-15)11(16)17-13(4,5)6/h9-10H,7-8H2,1-6H3. The van der Waals surface area contributed by atoms with Gasteiger partial charge in [-0.25, -0.2) is 0 Å². The molecule has 17 heavy (non-hydrogen) atoms. The minimum atomic E-state index is -0.408. The number of nitrogens with zero attached hydrogens (tertiary/aromatic N) is 1. The summed E-state index contributed by atoms with van der Waals surface area (Å²) in [6.45, 7) is 14.0. The SMILES string of the molecule is CC(C)(C)OC(=O)C(N1CC(I)C1)C(C)(C)C. The second-order valence-corrected chi connectivity index (χ2v) is 8.61. The van der Waals surface area contributed by atoms with Gasteiger partial charge in [-0.05, 0) is 26.2 Å². The maximum Gasteiger partial charge on any atom is 0.324 e.